The van der Waals surface area contributed by atoms with Gasteiger partial charge in [-0.15, -0.1) is 0 Å². The van der Waals surface area contributed by atoms with Gasteiger partial charge in [0.25, 0.3) is 0 Å². The fourth-order valence-corrected chi connectivity index (χ4v) is 4.47. The Morgan fingerprint density at radius 1 is 1.18 bits per heavy atom. The van der Waals surface area contributed by atoms with E-state index in [9.17, 15) is 9.18 Å². The minimum Gasteiger partial charge on any atom is -0.480 e. The topological polar surface area (TPSA) is 95.7 Å². The highest BCUT2D eigenvalue weighted by Crippen LogP contribution is 2.36. The first-order valence-corrected chi connectivity index (χ1v) is 11.3. The Kier molecular flexibility index (Phi) is 5.83. The number of likely N-dealkylation sites (N-methyl/N-ethyl adjacent to an activating group) is 1. The van der Waals surface area contributed by atoms with Gasteiger partial charge < -0.3 is 15.3 Å². The molecule has 1 aliphatic rings. The van der Waals surface area contributed by atoms with E-state index >= 15 is 0 Å². The number of anilines is 2. The van der Waals surface area contributed by atoms with Crippen molar-refractivity contribution in [2.75, 3.05) is 23.8 Å². The number of fused-ring (bicyclic) bond motifs is 1. The van der Waals surface area contributed by atoms with Crippen LogP contribution >= 0.6 is 0 Å². The van der Waals surface area contributed by atoms with E-state index in [1.54, 1.807) is 31.4 Å². The summed E-state index contributed by atoms with van der Waals surface area (Å²) in [5.74, 6) is -0.111. The van der Waals surface area contributed by atoms with Crippen LogP contribution < -0.4 is 10.2 Å². The first-order chi connectivity index (χ1) is 16.5. The third-order valence-corrected chi connectivity index (χ3v) is 6.10. The third kappa shape index (κ3) is 4.28. The maximum atomic E-state index is 13.7. The Labute approximate surface area is 196 Å². The summed E-state index contributed by atoms with van der Waals surface area (Å²) in [6.45, 7) is -0.224. The molecule has 0 saturated heterocycles. The van der Waals surface area contributed by atoms with Crippen molar-refractivity contribution in [3.8, 4) is 22.5 Å². The van der Waals surface area contributed by atoms with Crippen molar-refractivity contribution in [3.05, 3.63) is 60.5 Å². The summed E-state index contributed by atoms with van der Waals surface area (Å²) in [4.78, 5) is 21.5. The highest BCUT2D eigenvalue weighted by Gasteiger charge is 2.22. The van der Waals surface area contributed by atoms with Crippen LogP contribution in [-0.4, -0.2) is 50.3 Å². The Bertz CT molecular complexity index is 1330. The molecule has 1 fully saturated rings. The molecule has 0 radical (unpaired) electrons. The van der Waals surface area contributed by atoms with Gasteiger partial charge in [0.05, 0.1) is 16.8 Å². The van der Waals surface area contributed by atoms with Gasteiger partial charge in [-0.25, -0.2) is 18.9 Å². The fraction of sp³-hybridized carbons (Fsp3) is 0.280. The molecule has 34 heavy (non-hydrogen) atoms. The number of pyridine rings is 1. The van der Waals surface area contributed by atoms with Crippen LogP contribution in [0.25, 0.3) is 28.0 Å². The number of aromatic nitrogens is 4. The van der Waals surface area contributed by atoms with Crippen LogP contribution in [0.3, 0.4) is 0 Å². The lowest BCUT2D eigenvalue weighted by molar-refractivity contribution is -0.135. The second-order valence-electron chi connectivity index (χ2n) is 8.56. The predicted molar refractivity (Wildman–Crippen MR) is 128 cm³/mol. The zero-order valence-corrected chi connectivity index (χ0v) is 18.8. The van der Waals surface area contributed by atoms with Gasteiger partial charge in [-0.1, -0.05) is 18.9 Å². The van der Waals surface area contributed by atoms with E-state index in [1.807, 2.05) is 22.7 Å². The van der Waals surface area contributed by atoms with E-state index in [0.29, 0.717) is 23.4 Å². The molecule has 0 spiro atoms. The van der Waals surface area contributed by atoms with Gasteiger partial charge in [0.1, 0.15) is 23.9 Å². The maximum absolute atomic E-state index is 13.7. The Morgan fingerprint density at radius 3 is 2.68 bits per heavy atom. The number of benzene rings is 1. The first kappa shape index (κ1) is 21.8. The monoisotopic (exact) mass is 460 g/mol. The summed E-state index contributed by atoms with van der Waals surface area (Å²) in [6, 6.07) is 14.3. The standard InChI is InChI=1S/C25H25FN6O2/c1-31(15-22(33)34)25-27-14-13-19(29-25)23-20-7-4-8-21(28-18-5-2-3-6-18)32(20)30-24(23)16-9-11-17(26)12-10-16/h4,7-14,18,28H,2-3,5-6,15H2,1H3,(H,33,34). The summed E-state index contributed by atoms with van der Waals surface area (Å²) in [7, 11) is 1.63. The number of nitrogens with one attached hydrogen (secondary N) is 1. The second kappa shape index (κ2) is 9.09. The Balaban J connectivity index is 1.67. The normalized spacial score (nSPS) is 13.9. The van der Waals surface area contributed by atoms with Crippen LogP contribution in [0.4, 0.5) is 16.2 Å². The number of hydrogen-bond donors (Lipinski definition) is 2. The SMILES string of the molecule is CN(CC(=O)O)c1nccc(-c2c(-c3ccc(F)cc3)nn3c(NC4CCCC4)cccc23)n1. The number of halogens is 1. The number of rotatable bonds is 7. The summed E-state index contributed by atoms with van der Waals surface area (Å²) in [5, 5.41) is 17.7. The Hall–Kier alpha value is -4.01. The van der Waals surface area contributed by atoms with Crippen LogP contribution in [0.2, 0.25) is 0 Å². The highest BCUT2D eigenvalue weighted by atomic mass is 19.1. The quantitative estimate of drug-likeness (QED) is 0.420. The molecule has 1 aliphatic carbocycles. The number of nitrogens with zero attached hydrogens (tertiary/aromatic N) is 5. The molecule has 0 amide bonds. The van der Waals surface area contributed by atoms with Gasteiger partial charge in [0.15, 0.2) is 0 Å². The summed E-state index contributed by atoms with van der Waals surface area (Å²) in [6.07, 6.45) is 6.29. The molecule has 3 heterocycles. The van der Waals surface area contributed by atoms with E-state index in [4.69, 9.17) is 10.2 Å². The zero-order valence-electron chi connectivity index (χ0n) is 18.8. The molecule has 2 N–H and O–H groups in total. The molecular formula is C25H25FN6O2. The average molecular weight is 461 g/mol. The average Bonchev–Trinajstić information content (AvgIpc) is 3.47. The predicted octanol–water partition coefficient (Wildman–Crippen LogP) is 4.47. The van der Waals surface area contributed by atoms with Crippen molar-refractivity contribution in [2.45, 2.75) is 31.7 Å². The van der Waals surface area contributed by atoms with E-state index < -0.39 is 5.97 Å². The van der Waals surface area contributed by atoms with Gasteiger partial charge >= 0.3 is 5.97 Å². The molecule has 9 heteroatoms. The summed E-state index contributed by atoms with van der Waals surface area (Å²) >= 11 is 0. The van der Waals surface area contributed by atoms with E-state index in [2.05, 4.69) is 15.3 Å². The minimum atomic E-state index is -0.970. The number of carboxylic acids is 1. The van der Waals surface area contributed by atoms with Gasteiger partial charge in [-0.05, 0) is 55.3 Å². The van der Waals surface area contributed by atoms with Crippen molar-refractivity contribution >= 4 is 23.3 Å². The van der Waals surface area contributed by atoms with Gasteiger partial charge in [0.2, 0.25) is 5.95 Å². The van der Waals surface area contributed by atoms with Crippen molar-refractivity contribution in [2.24, 2.45) is 0 Å². The molecule has 5 rings (SSSR count). The van der Waals surface area contributed by atoms with Crippen LogP contribution in [0.5, 0.6) is 0 Å². The fourth-order valence-electron chi connectivity index (χ4n) is 4.47. The molecule has 0 atom stereocenters. The summed E-state index contributed by atoms with van der Waals surface area (Å²) < 4.78 is 15.5. The lowest BCUT2D eigenvalue weighted by atomic mass is 10.0. The minimum absolute atomic E-state index is 0.224. The molecular weight excluding hydrogens is 435 g/mol. The van der Waals surface area contributed by atoms with Crippen molar-refractivity contribution in [3.63, 3.8) is 0 Å². The smallest absolute Gasteiger partial charge is 0.323 e. The molecule has 1 aromatic carbocycles. The van der Waals surface area contributed by atoms with Crippen molar-refractivity contribution < 1.29 is 14.3 Å². The lowest BCUT2D eigenvalue weighted by Crippen LogP contribution is -2.26. The third-order valence-electron chi connectivity index (χ3n) is 6.10. The van der Waals surface area contributed by atoms with Crippen molar-refractivity contribution in [1.29, 1.82) is 0 Å². The van der Waals surface area contributed by atoms with E-state index in [-0.39, 0.29) is 12.4 Å². The molecule has 174 valence electrons. The maximum Gasteiger partial charge on any atom is 0.323 e. The first-order valence-electron chi connectivity index (χ1n) is 11.3. The van der Waals surface area contributed by atoms with Gasteiger partial charge in [-0.3, -0.25) is 4.79 Å². The molecule has 0 bridgehead atoms. The largest absolute Gasteiger partial charge is 0.480 e. The van der Waals surface area contributed by atoms with Crippen LogP contribution in [0.15, 0.2) is 54.7 Å². The second-order valence-corrected chi connectivity index (χ2v) is 8.56. The number of aliphatic carboxylic acids is 1. The molecule has 4 aromatic rings. The molecule has 8 nitrogen and oxygen atoms in total. The molecule has 0 unspecified atom stereocenters. The Morgan fingerprint density at radius 2 is 1.94 bits per heavy atom. The molecule has 3 aromatic heterocycles. The number of hydrogen-bond acceptors (Lipinski definition) is 6. The van der Waals surface area contributed by atoms with Crippen LogP contribution in [-0.2, 0) is 4.79 Å². The molecule has 1 saturated carbocycles. The lowest BCUT2D eigenvalue weighted by Gasteiger charge is -2.15. The molecule has 0 aliphatic heterocycles. The summed E-state index contributed by atoms with van der Waals surface area (Å²) in [5.41, 5.74) is 3.63. The zero-order chi connectivity index (χ0) is 23.7. The van der Waals surface area contributed by atoms with Gasteiger partial charge in [0, 0.05) is 24.8 Å². The number of carbonyl (C=O) groups is 1. The van der Waals surface area contributed by atoms with E-state index in [0.717, 1.165) is 35.3 Å². The van der Waals surface area contributed by atoms with E-state index in [1.165, 1.54) is 29.9 Å². The van der Waals surface area contributed by atoms with Gasteiger partial charge in [-0.2, -0.15) is 5.10 Å². The van der Waals surface area contributed by atoms with Crippen LogP contribution in [0.1, 0.15) is 25.7 Å². The number of carboxylic acid groups (broad SMARTS) is 1. The van der Waals surface area contributed by atoms with Crippen LogP contribution in [0, 0.1) is 5.82 Å². The van der Waals surface area contributed by atoms with Crippen molar-refractivity contribution in [1.82, 2.24) is 19.6 Å². The highest BCUT2D eigenvalue weighted by molar-refractivity contribution is 5.91.